The van der Waals surface area contributed by atoms with Gasteiger partial charge >= 0.3 is 0 Å². The second-order valence-corrected chi connectivity index (χ2v) is 12.6. The Balaban J connectivity index is 1.06. The highest BCUT2D eigenvalue weighted by Crippen LogP contribution is 2.38. The Hall–Kier alpha value is -5.03. The summed E-state index contributed by atoms with van der Waals surface area (Å²) in [6, 6.07) is 21.0. The van der Waals surface area contributed by atoms with Crippen molar-refractivity contribution in [1.82, 2.24) is 14.3 Å². The number of carbonyl (C=O) groups is 2. The molecule has 4 aromatic rings. The highest BCUT2D eigenvalue weighted by molar-refractivity contribution is 7.09. The van der Waals surface area contributed by atoms with Crippen LogP contribution in [0.1, 0.15) is 34.3 Å². The number of fused-ring (bicyclic) bond motifs is 1. The molecule has 3 aliphatic rings. The van der Waals surface area contributed by atoms with E-state index >= 15 is 0 Å². The van der Waals surface area contributed by atoms with Gasteiger partial charge in [-0.3, -0.25) is 9.59 Å². The second kappa shape index (κ2) is 13.0. The highest BCUT2D eigenvalue weighted by atomic mass is 32.1. The minimum absolute atomic E-state index is 0.0319. The molecule has 2 atom stereocenters. The Labute approximate surface area is 278 Å². The largest absolute Gasteiger partial charge is 0.493 e. The van der Waals surface area contributed by atoms with E-state index in [0.29, 0.717) is 55.3 Å². The second-order valence-electron chi connectivity index (χ2n) is 11.9. The maximum atomic E-state index is 13.7. The molecule has 7 rings (SSSR count). The van der Waals surface area contributed by atoms with Gasteiger partial charge in [0.15, 0.2) is 17.3 Å². The van der Waals surface area contributed by atoms with Crippen LogP contribution in [0.25, 0.3) is 11.4 Å². The summed E-state index contributed by atoms with van der Waals surface area (Å²) in [7, 11) is 3.21. The Bertz CT molecular complexity index is 1860. The molecule has 2 aliphatic heterocycles. The first-order chi connectivity index (χ1) is 22.9. The number of benzene rings is 3. The molecule has 47 heavy (non-hydrogen) atoms. The number of hydrazone groups is 1. The van der Waals surface area contributed by atoms with E-state index in [4.69, 9.17) is 19.6 Å². The number of piperazine rings is 1. The van der Waals surface area contributed by atoms with Crippen molar-refractivity contribution in [3.8, 4) is 22.9 Å². The number of methoxy groups -OCH3 is 2. The summed E-state index contributed by atoms with van der Waals surface area (Å²) in [6.07, 6.45) is 5.59. The minimum atomic E-state index is -0.223. The summed E-state index contributed by atoms with van der Waals surface area (Å²) in [5.41, 5.74) is 5.10. The zero-order chi connectivity index (χ0) is 32.5. The van der Waals surface area contributed by atoms with Crippen molar-refractivity contribution in [3.05, 3.63) is 95.6 Å². The van der Waals surface area contributed by atoms with Crippen molar-refractivity contribution < 1.29 is 19.1 Å². The first kappa shape index (κ1) is 30.6. The Morgan fingerprint density at radius 1 is 0.872 bits per heavy atom. The van der Waals surface area contributed by atoms with Crippen molar-refractivity contribution in [2.24, 2.45) is 16.9 Å². The Morgan fingerprint density at radius 3 is 2.32 bits per heavy atom. The fraction of sp³-hybridized carbons (Fsp3) is 0.306. The lowest BCUT2D eigenvalue weighted by Gasteiger charge is -2.37. The van der Waals surface area contributed by atoms with Crippen LogP contribution in [0.4, 0.5) is 10.8 Å². The van der Waals surface area contributed by atoms with Crippen molar-refractivity contribution >= 4 is 39.9 Å². The number of ether oxygens (including phenoxy) is 2. The number of nitrogens with zero attached hydrogens (tertiary/aromatic N) is 6. The lowest BCUT2D eigenvalue weighted by atomic mass is 9.76. The molecule has 3 heterocycles. The van der Waals surface area contributed by atoms with Crippen LogP contribution in [-0.4, -0.2) is 72.2 Å². The molecule has 2 amide bonds. The first-order valence-electron chi connectivity index (χ1n) is 15.8. The number of amides is 2. The summed E-state index contributed by atoms with van der Waals surface area (Å²) in [5.74, 6) is 1.65. The van der Waals surface area contributed by atoms with Crippen LogP contribution in [0.15, 0.2) is 84.0 Å². The molecule has 1 aromatic heterocycles. The van der Waals surface area contributed by atoms with Gasteiger partial charge in [-0.05, 0) is 67.8 Å². The number of hydrogen-bond acceptors (Lipinski definition) is 9. The van der Waals surface area contributed by atoms with Crippen LogP contribution in [0.3, 0.4) is 0 Å². The molecule has 1 aliphatic carbocycles. The number of rotatable bonds is 7. The summed E-state index contributed by atoms with van der Waals surface area (Å²) >= 11 is 1.39. The van der Waals surface area contributed by atoms with E-state index in [9.17, 15) is 9.59 Å². The van der Waals surface area contributed by atoms with Gasteiger partial charge in [-0.2, -0.15) is 14.5 Å². The fourth-order valence-corrected chi connectivity index (χ4v) is 7.27. The van der Waals surface area contributed by atoms with E-state index in [1.165, 1.54) is 16.5 Å². The molecule has 0 saturated carbocycles. The molecule has 1 fully saturated rings. The van der Waals surface area contributed by atoms with Gasteiger partial charge < -0.3 is 19.3 Å². The number of aryl methyl sites for hydroxylation is 1. The van der Waals surface area contributed by atoms with Gasteiger partial charge in [0.1, 0.15) is 0 Å². The zero-order valence-electron chi connectivity index (χ0n) is 26.6. The van der Waals surface area contributed by atoms with Crippen LogP contribution < -0.4 is 19.4 Å². The number of carbonyl (C=O) groups excluding carboxylic acids is 2. The molecular weight excluding hydrogens is 613 g/mol. The van der Waals surface area contributed by atoms with E-state index < -0.39 is 0 Å². The van der Waals surface area contributed by atoms with Gasteiger partial charge in [-0.15, -0.1) is 0 Å². The van der Waals surface area contributed by atoms with Gasteiger partial charge in [0, 0.05) is 60.3 Å². The molecule has 240 valence electrons. The van der Waals surface area contributed by atoms with Crippen molar-refractivity contribution in [2.45, 2.75) is 19.8 Å². The molecular formula is C36H36N6O4S. The van der Waals surface area contributed by atoms with Crippen molar-refractivity contribution in [1.29, 1.82) is 0 Å². The predicted octanol–water partition coefficient (Wildman–Crippen LogP) is 5.83. The SMILES string of the molecule is COc1ccc(C2=NN(c3ccc(C(=O)N4CCN(c5nc(-c6ccccc6C)ns5)CC4)cc3)C(=O)[C@@H]3CC=CC[C@H]23)cc1OC. The molecule has 3 aromatic carbocycles. The summed E-state index contributed by atoms with van der Waals surface area (Å²) in [4.78, 5) is 36.1. The van der Waals surface area contributed by atoms with Gasteiger partial charge in [-0.25, -0.2) is 5.01 Å². The number of anilines is 2. The molecule has 1 saturated heterocycles. The standard InChI is InChI=1S/C36H36N6O4S/c1-23-8-4-5-9-27(23)33-37-36(47-39-33)41-20-18-40(19-21-41)34(43)24-12-15-26(16-13-24)42-35(44)29-11-7-6-10-28(29)32(38-42)25-14-17-30(45-2)31(22-25)46-3/h4-9,12-17,22,28-29H,10-11,18-21H2,1-3H3/t28-,29+/m0/s1. The lowest BCUT2D eigenvalue weighted by Crippen LogP contribution is -2.48. The third kappa shape index (κ3) is 5.87. The topological polar surface area (TPSA) is 100 Å². The third-order valence-corrected chi connectivity index (χ3v) is 9.97. The maximum Gasteiger partial charge on any atom is 0.253 e. The van der Waals surface area contributed by atoms with Crippen molar-refractivity contribution in [3.63, 3.8) is 0 Å². The van der Waals surface area contributed by atoms with Crippen LogP contribution in [0, 0.1) is 18.8 Å². The highest BCUT2D eigenvalue weighted by Gasteiger charge is 2.41. The number of hydrogen-bond donors (Lipinski definition) is 0. The number of aromatic nitrogens is 2. The molecule has 11 heteroatoms. The van der Waals surface area contributed by atoms with Gasteiger partial charge in [0.25, 0.3) is 11.8 Å². The maximum absolute atomic E-state index is 13.7. The molecule has 0 unspecified atom stereocenters. The lowest BCUT2D eigenvalue weighted by molar-refractivity contribution is -0.123. The normalized spacial score (nSPS) is 19.3. The monoisotopic (exact) mass is 648 g/mol. The smallest absolute Gasteiger partial charge is 0.253 e. The van der Waals surface area contributed by atoms with Crippen LogP contribution in [0.2, 0.25) is 0 Å². The quantitative estimate of drug-likeness (QED) is 0.233. The summed E-state index contributed by atoms with van der Waals surface area (Å²) in [6.45, 7) is 4.59. The summed E-state index contributed by atoms with van der Waals surface area (Å²) < 4.78 is 15.6. The predicted molar refractivity (Wildman–Crippen MR) is 184 cm³/mol. The van der Waals surface area contributed by atoms with E-state index in [1.807, 2.05) is 53.4 Å². The van der Waals surface area contributed by atoms with Crippen LogP contribution in [0.5, 0.6) is 11.5 Å². The Kier molecular flexibility index (Phi) is 8.46. The fourth-order valence-electron chi connectivity index (χ4n) is 6.54. The van der Waals surface area contributed by atoms with E-state index in [2.05, 4.69) is 34.4 Å². The zero-order valence-corrected chi connectivity index (χ0v) is 27.4. The van der Waals surface area contributed by atoms with Crippen LogP contribution in [-0.2, 0) is 4.79 Å². The molecule has 0 N–H and O–H groups in total. The van der Waals surface area contributed by atoms with E-state index in [0.717, 1.165) is 39.8 Å². The Morgan fingerprint density at radius 2 is 1.60 bits per heavy atom. The van der Waals surface area contributed by atoms with Gasteiger partial charge in [-0.1, -0.05) is 36.4 Å². The van der Waals surface area contributed by atoms with Crippen molar-refractivity contribution in [2.75, 3.05) is 50.3 Å². The minimum Gasteiger partial charge on any atom is -0.493 e. The molecule has 0 spiro atoms. The third-order valence-electron chi connectivity index (χ3n) is 9.19. The van der Waals surface area contributed by atoms with Crippen LogP contribution >= 0.6 is 11.5 Å². The summed E-state index contributed by atoms with van der Waals surface area (Å²) in [5, 5.41) is 7.27. The molecule has 10 nitrogen and oxygen atoms in total. The average Bonchev–Trinajstić information content (AvgIpc) is 3.62. The molecule has 0 bridgehead atoms. The average molecular weight is 649 g/mol. The van der Waals surface area contributed by atoms with Gasteiger partial charge in [0.2, 0.25) is 5.13 Å². The van der Waals surface area contributed by atoms with Gasteiger partial charge in [0.05, 0.1) is 31.5 Å². The van der Waals surface area contributed by atoms with E-state index in [1.54, 1.807) is 26.4 Å². The first-order valence-corrected chi connectivity index (χ1v) is 16.6. The molecule has 0 radical (unpaired) electrons. The van der Waals surface area contributed by atoms with E-state index in [-0.39, 0.29) is 23.7 Å². The number of allylic oxidation sites excluding steroid dienone is 2.